The van der Waals surface area contributed by atoms with Crippen LogP contribution in [0.1, 0.15) is 65.2 Å². The standard InChI is InChI=1S/C32H36O10/c1-15-13-20-31(14-38-20,41-18(4)33)23-26(39-27(36)19-11-9-8-10-12-19)32-25(40-28(37)42-32)22(34)16(2)21(29(32,5)6)17(3)24(35)30(15,23)7/h8-12,15,17,20,23,25-26H,13-14H2,1-7H3/t15-,17+,20?,23-,25-,26-,30+,31-,32+/m0/s1. The fourth-order valence-electron chi connectivity index (χ4n) is 8.99. The summed E-state index contributed by atoms with van der Waals surface area (Å²) in [6.07, 6.45) is -4.19. The average molecular weight is 581 g/mol. The highest BCUT2D eigenvalue weighted by molar-refractivity contribution is 6.05. The highest BCUT2D eigenvalue weighted by Crippen LogP contribution is 2.67. The van der Waals surface area contributed by atoms with Gasteiger partial charge >= 0.3 is 18.1 Å². The van der Waals surface area contributed by atoms with E-state index in [1.54, 1.807) is 65.0 Å². The van der Waals surface area contributed by atoms with E-state index in [1.165, 1.54) is 6.92 Å². The van der Waals surface area contributed by atoms with Gasteiger partial charge in [0.25, 0.3) is 0 Å². The largest absolute Gasteiger partial charge is 0.510 e. The third-order valence-electron chi connectivity index (χ3n) is 11.0. The summed E-state index contributed by atoms with van der Waals surface area (Å²) in [7, 11) is 0. The third-order valence-corrected chi connectivity index (χ3v) is 11.0. The van der Waals surface area contributed by atoms with Gasteiger partial charge in [0.1, 0.15) is 11.9 Å². The Bertz CT molecular complexity index is 1440. The molecule has 0 radical (unpaired) electrons. The van der Waals surface area contributed by atoms with Crippen LogP contribution in [-0.4, -0.2) is 65.8 Å². The average Bonchev–Trinajstić information content (AvgIpc) is 3.30. The fraction of sp³-hybridized carbons (Fsp3) is 0.594. The lowest BCUT2D eigenvalue weighted by Crippen LogP contribution is -2.81. The maximum Gasteiger partial charge on any atom is 0.510 e. The van der Waals surface area contributed by atoms with Crippen molar-refractivity contribution in [1.29, 1.82) is 0 Å². The summed E-state index contributed by atoms with van der Waals surface area (Å²) in [5.41, 5.74) is -4.72. The number of hydrogen-bond donors (Lipinski definition) is 0. The van der Waals surface area contributed by atoms with Gasteiger partial charge in [0.05, 0.1) is 18.1 Å². The number of benzene rings is 1. The first-order valence-corrected chi connectivity index (χ1v) is 14.4. The summed E-state index contributed by atoms with van der Waals surface area (Å²) in [6.45, 7) is 11.9. The molecule has 5 aliphatic rings. The quantitative estimate of drug-likeness (QED) is 0.382. The molecule has 1 aromatic rings. The Morgan fingerprint density at radius 2 is 1.69 bits per heavy atom. The van der Waals surface area contributed by atoms with Gasteiger partial charge in [-0.3, -0.25) is 14.4 Å². The summed E-state index contributed by atoms with van der Waals surface area (Å²) in [6, 6.07) is 8.28. The van der Waals surface area contributed by atoms with Gasteiger partial charge in [-0.15, -0.1) is 0 Å². The highest BCUT2D eigenvalue weighted by atomic mass is 16.8. The summed E-state index contributed by atoms with van der Waals surface area (Å²) in [4.78, 5) is 68.5. The second-order valence-corrected chi connectivity index (χ2v) is 13.2. The van der Waals surface area contributed by atoms with Gasteiger partial charge in [0.2, 0.25) is 17.5 Å². The molecular weight excluding hydrogens is 544 g/mol. The number of ether oxygens (including phenoxy) is 5. The molecule has 2 bridgehead atoms. The van der Waals surface area contributed by atoms with Crippen molar-refractivity contribution in [3.63, 3.8) is 0 Å². The molecule has 6 rings (SSSR count). The second kappa shape index (κ2) is 8.99. The topological polar surface area (TPSA) is 132 Å². The monoisotopic (exact) mass is 580 g/mol. The van der Waals surface area contributed by atoms with Gasteiger partial charge in [-0.1, -0.05) is 52.8 Å². The normalized spacial score (nSPS) is 41.5. The molecule has 2 aliphatic heterocycles. The van der Waals surface area contributed by atoms with Crippen LogP contribution in [0.15, 0.2) is 41.5 Å². The lowest BCUT2D eigenvalue weighted by atomic mass is 9.42. The van der Waals surface area contributed by atoms with E-state index in [0.717, 1.165) is 0 Å². The molecule has 1 unspecified atom stereocenters. The maximum atomic E-state index is 14.9. The molecule has 10 nitrogen and oxygen atoms in total. The van der Waals surface area contributed by atoms with Crippen molar-refractivity contribution in [1.82, 2.24) is 0 Å². The van der Waals surface area contributed by atoms with Crippen LogP contribution in [0.3, 0.4) is 0 Å². The number of Topliss-reactive ketones (excluding diaryl/α,β-unsaturated/α-hetero) is 2. The van der Waals surface area contributed by atoms with Gasteiger partial charge in [-0.25, -0.2) is 9.59 Å². The molecule has 42 heavy (non-hydrogen) atoms. The lowest BCUT2D eigenvalue weighted by molar-refractivity contribution is -0.337. The number of esters is 2. The Kier molecular flexibility index (Phi) is 6.12. The Balaban J connectivity index is 1.70. The Labute approximate surface area is 244 Å². The van der Waals surface area contributed by atoms with Crippen LogP contribution in [0.25, 0.3) is 0 Å². The van der Waals surface area contributed by atoms with Crippen molar-refractivity contribution in [2.75, 3.05) is 6.61 Å². The molecule has 224 valence electrons. The van der Waals surface area contributed by atoms with Crippen molar-refractivity contribution in [3.8, 4) is 0 Å². The van der Waals surface area contributed by atoms with Crippen molar-refractivity contribution in [2.45, 2.75) is 84.4 Å². The van der Waals surface area contributed by atoms with E-state index in [1.807, 2.05) is 6.92 Å². The molecule has 1 aromatic carbocycles. The first-order valence-electron chi connectivity index (χ1n) is 14.4. The molecule has 0 aromatic heterocycles. The molecule has 2 saturated heterocycles. The highest BCUT2D eigenvalue weighted by Gasteiger charge is 2.82. The van der Waals surface area contributed by atoms with Crippen LogP contribution < -0.4 is 0 Å². The summed E-state index contributed by atoms with van der Waals surface area (Å²) < 4.78 is 30.2. The minimum atomic E-state index is -1.88. The van der Waals surface area contributed by atoms with E-state index in [4.69, 9.17) is 23.7 Å². The smallest absolute Gasteiger partial charge is 0.454 e. The zero-order valence-corrected chi connectivity index (χ0v) is 24.8. The minimum absolute atomic E-state index is 0.0586. The minimum Gasteiger partial charge on any atom is -0.454 e. The molecule has 2 heterocycles. The fourth-order valence-corrected chi connectivity index (χ4v) is 8.99. The summed E-state index contributed by atoms with van der Waals surface area (Å²) in [5.74, 6) is -4.19. The van der Waals surface area contributed by atoms with Crippen LogP contribution in [0.5, 0.6) is 0 Å². The van der Waals surface area contributed by atoms with Crippen LogP contribution in [0.4, 0.5) is 4.79 Å². The number of rotatable bonds is 3. The Morgan fingerprint density at radius 1 is 1.02 bits per heavy atom. The van der Waals surface area contributed by atoms with Crippen LogP contribution in [-0.2, 0) is 38.1 Å². The Hall–Kier alpha value is -3.53. The first-order chi connectivity index (χ1) is 19.6. The summed E-state index contributed by atoms with van der Waals surface area (Å²) >= 11 is 0. The van der Waals surface area contributed by atoms with Crippen LogP contribution in [0, 0.1) is 28.6 Å². The number of hydrogen-bond acceptors (Lipinski definition) is 10. The predicted molar refractivity (Wildman–Crippen MR) is 145 cm³/mol. The zero-order chi connectivity index (χ0) is 30.6. The van der Waals surface area contributed by atoms with Crippen LogP contribution >= 0.6 is 0 Å². The van der Waals surface area contributed by atoms with Gasteiger partial charge in [0.15, 0.2) is 11.7 Å². The number of ketones is 2. The molecule has 9 atom stereocenters. The number of carbonyl (C=O) groups excluding carboxylic acids is 5. The first kappa shape index (κ1) is 28.6. The van der Waals surface area contributed by atoms with Crippen molar-refractivity contribution in [2.24, 2.45) is 28.6 Å². The molecule has 1 spiro atoms. The van der Waals surface area contributed by atoms with E-state index < -0.39 is 76.1 Å². The molecule has 0 amide bonds. The molecule has 3 aliphatic carbocycles. The predicted octanol–water partition coefficient (Wildman–Crippen LogP) is 3.99. The number of fused-ring (bicyclic) bond motifs is 4. The van der Waals surface area contributed by atoms with E-state index in [2.05, 4.69) is 0 Å². The van der Waals surface area contributed by atoms with Gasteiger partial charge in [0, 0.05) is 23.7 Å². The summed E-state index contributed by atoms with van der Waals surface area (Å²) in [5, 5.41) is 0. The molecule has 10 heteroatoms. The SMILES string of the molecule is CC(=O)O[C@@]12COC1C[C@H](C)[C@@]1(C)C(=O)[C@H](C)C3=C(C)C(=O)[C@@H]4OC(=O)O[C@]4([C@@H](OC(=O)c4ccccc4)[C@@H]12)C3(C)C. The molecule has 2 saturated carbocycles. The lowest BCUT2D eigenvalue weighted by Gasteiger charge is -2.67. The van der Waals surface area contributed by atoms with E-state index >= 15 is 0 Å². The van der Waals surface area contributed by atoms with Crippen LogP contribution in [0.2, 0.25) is 0 Å². The van der Waals surface area contributed by atoms with Gasteiger partial charge in [-0.2, -0.15) is 0 Å². The van der Waals surface area contributed by atoms with Gasteiger partial charge in [-0.05, 0) is 42.5 Å². The zero-order valence-electron chi connectivity index (χ0n) is 24.8. The molecule has 0 N–H and O–H groups in total. The molecular formula is C32H36O10. The number of carbonyl (C=O) groups is 5. The second-order valence-electron chi connectivity index (χ2n) is 13.2. The Morgan fingerprint density at radius 3 is 2.29 bits per heavy atom. The van der Waals surface area contributed by atoms with Crippen molar-refractivity contribution >= 4 is 29.7 Å². The third kappa shape index (κ3) is 3.33. The molecule has 4 fully saturated rings. The van der Waals surface area contributed by atoms with Crippen molar-refractivity contribution < 1.29 is 47.7 Å². The van der Waals surface area contributed by atoms with E-state index in [9.17, 15) is 24.0 Å². The maximum absolute atomic E-state index is 14.9. The van der Waals surface area contributed by atoms with Gasteiger partial charge < -0.3 is 23.7 Å². The van der Waals surface area contributed by atoms with E-state index in [0.29, 0.717) is 17.6 Å². The van der Waals surface area contributed by atoms with E-state index in [-0.39, 0.29) is 23.9 Å². The van der Waals surface area contributed by atoms with Crippen molar-refractivity contribution in [3.05, 3.63) is 47.0 Å².